The molecule has 0 spiro atoms. The van der Waals surface area contributed by atoms with Gasteiger partial charge in [-0.1, -0.05) is 0 Å². The van der Waals surface area contributed by atoms with Crippen molar-refractivity contribution in [1.29, 1.82) is 0 Å². The highest BCUT2D eigenvalue weighted by Gasteiger charge is 2.47. The number of oxazole rings is 1. The van der Waals surface area contributed by atoms with E-state index in [-0.39, 0.29) is 5.54 Å². The number of aromatic nitrogens is 1. The number of rotatable bonds is 2. The molecule has 66 valence electrons. The minimum Gasteiger partial charge on any atom is -0.444 e. The Labute approximate surface area is 72.2 Å². The summed E-state index contributed by atoms with van der Waals surface area (Å²) >= 11 is 0. The van der Waals surface area contributed by atoms with Crippen molar-refractivity contribution in [1.82, 2.24) is 10.3 Å². The Morgan fingerprint density at radius 2 is 2.08 bits per heavy atom. The highest BCUT2D eigenvalue weighted by molar-refractivity contribution is 5.17. The van der Waals surface area contributed by atoms with Crippen LogP contribution in [-0.2, 0) is 5.54 Å². The van der Waals surface area contributed by atoms with E-state index >= 15 is 0 Å². The Morgan fingerprint density at radius 3 is 2.42 bits per heavy atom. The molecule has 3 nitrogen and oxygen atoms in total. The van der Waals surface area contributed by atoms with Crippen LogP contribution in [0.3, 0.4) is 0 Å². The third kappa shape index (κ3) is 0.966. The fourth-order valence-corrected chi connectivity index (χ4v) is 1.37. The molecular weight excluding hydrogens is 152 g/mol. The first-order valence-electron chi connectivity index (χ1n) is 4.31. The van der Waals surface area contributed by atoms with E-state index in [0.717, 1.165) is 30.2 Å². The highest BCUT2D eigenvalue weighted by Crippen LogP contribution is 2.44. The molecular formula is C9H14N2O. The summed E-state index contributed by atoms with van der Waals surface area (Å²) in [6.45, 7) is 3.94. The minimum absolute atomic E-state index is 0.0685. The minimum atomic E-state index is 0.0685. The van der Waals surface area contributed by atoms with Gasteiger partial charge >= 0.3 is 0 Å². The van der Waals surface area contributed by atoms with Crippen molar-refractivity contribution in [3.8, 4) is 0 Å². The van der Waals surface area contributed by atoms with Gasteiger partial charge in [-0.3, -0.25) is 0 Å². The Balaban J connectivity index is 2.34. The molecule has 12 heavy (non-hydrogen) atoms. The molecule has 0 amide bonds. The van der Waals surface area contributed by atoms with Crippen molar-refractivity contribution < 1.29 is 4.42 Å². The molecule has 1 saturated carbocycles. The molecule has 1 fully saturated rings. The van der Waals surface area contributed by atoms with Gasteiger partial charge in [0.2, 0.25) is 5.89 Å². The van der Waals surface area contributed by atoms with Crippen LogP contribution >= 0.6 is 0 Å². The summed E-state index contributed by atoms with van der Waals surface area (Å²) < 4.78 is 5.56. The van der Waals surface area contributed by atoms with Gasteiger partial charge in [0.1, 0.15) is 5.76 Å². The Bertz CT molecular complexity index is 280. The average molecular weight is 166 g/mol. The second kappa shape index (κ2) is 2.33. The average Bonchev–Trinajstić information content (AvgIpc) is 2.77. The first-order chi connectivity index (χ1) is 5.68. The zero-order valence-corrected chi connectivity index (χ0v) is 7.77. The summed E-state index contributed by atoms with van der Waals surface area (Å²) in [6, 6.07) is 0. The third-order valence-corrected chi connectivity index (χ3v) is 2.67. The molecule has 1 N–H and O–H groups in total. The third-order valence-electron chi connectivity index (χ3n) is 2.67. The SMILES string of the molecule is CNC1(c2nc(C)c(C)o2)CC1. The second-order valence-electron chi connectivity index (χ2n) is 3.49. The molecule has 1 aliphatic carbocycles. The van der Waals surface area contributed by atoms with Gasteiger partial charge in [0, 0.05) is 0 Å². The Kier molecular flexibility index (Phi) is 1.51. The monoisotopic (exact) mass is 166 g/mol. The summed E-state index contributed by atoms with van der Waals surface area (Å²) in [4.78, 5) is 4.39. The van der Waals surface area contributed by atoms with E-state index in [1.807, 2.05) is 20.9 Å². The van der Waals surface area contributed by atoms with Crippen LogP contribution in [0.4, 0.5) is 0 Å². The van der Waals surface area contributed by atoms with Crippen LogP contribution in [-0.4, -0.2) is 12.0 Å². The van der Waals surface area contributed by atoms with Crippen LogP contribution < -0.4 is 5.32 Å². The van der Waals surface area contributed by atoms with Gasteiger partial charge in [0.05, 0.1) is 11.2 Å². The van der Waals surface area contributed by atoms with E-state index in [9.17, 15) is 0 Å². The molecule has 0 radical (unpaired) electrons. The number of nitrogens with one attached hydrogen (secondary N) is 1. The van der Waals surface area contributed by atoms with Crippen LogP contribution in [0.5, 0.6) is 0 Å². The van der Waals surface area contributed by atoms with Crippen molar-refractivity contribution in [2.24, 2.45) is 0 Å². The van der Waals surface area contributed by atoms with E-state index in [4.69, 9.17) is 4.42 Å². The lowest BCUT2D eigenvalue weighted by Crippen LogP contribution is -2.24. The van der Waals surface area contributed by atoms with Gasteiger partial charge in [0.15, 0.2) is 0 Å². The first-order valence-corrected chi connectivity index (χ1v) is 4.31. The molecule has 0 aliphatic heterocycles. The summed E-state index contributed by atoms with van der Waals surface area (Å²) in [5, 5.41) is 3.25. The van der Waals surface area contributed by atoms with Crippen molar-refractivity contribution in [3.05, 3.63) is 17.3 Å². The van der Waals surface area contributed by atoms with Crippen molar-refractivity contribution in [3.63, 3.8) is 0 Å². The van der Waals surface area contributed by atoms with E-state index < -0.39 is 0 Å². The largest absolute Gasteiger partial charge is 0.444 e. The van der Waals surface area contributed by atoms with Crippen molar-refractivity contribution in [2.75, 3.05) is 7.05 Å². The molecule has 1 heterocycles. The van der Waals surface area contributed by atoms with Gasteiger partial charge in [-0.15, -0.1) is 0 Å². The number of hydrogen-bond acceptors (Lipinski definition) is 3. The fraction of sp³-hybridized carbons (Fsp3) is 0.667. The number of aryl methyl sites for hydroxylation is 2. The topological polar surface area (TPSA) is 38.1 Å². The van der Waals surface area contributed by atoms with Crippen molar-refractivity contribution >= 4 is 0 Å². The molecule has 0 unspecified atom stereocenters. The van der Waals surface area contributed by atoms with Gasteiger partial charge in [-0.25, -0.2) is 4.98 Å². The molecule has 2 rings (SSSR count). The second-order valence-corrected chi connectivity index (χ2v) is 3.49. The lowest BCUT2D eigenvalue weighted by atomic mass is 10.3. The lowest BCUT2D eigenvalue weighted by Gasteiger charge is -2.07. The van der Waals surface area contributed by atoms with Crippen LogP contribution in [0, 0.1) is 13.8 Å². The highest BCUT2D eigenvalue weighted by atomic mass is 16.4. The van der Waals surface area contributed by atoms with Crippen LogP contribution in [0.25, 0.3) is 0 Å². The van der Waals surface area contributed by atoms with Gasteiger partial charge in [0.25, 0.3) is 0 Å². The fourth-order valence-electron chi connectivity index (χ4n) is 1.37. The molecule has 0 atom stereocenters. The number of nitrogens with zero attached hydrogens (tertiary/aromatic N) is 1. The summed E-state index contributed by atoms with van der Waals surface area (Å²) in [6.07, 6.45) is 2.28. The normalized spacial score (nSPS) is 19.6. The van der Waals surface area contributed by atoms with Gasteiger partial charge < -0.3 is 9.73 Å². The van der Waals surface area contributed by atoms with E-state index in [1.165, 1.54) is 0 Å². The maximum Gasteiger partial charge on any atom is 0.214 e. The molecule has 1 aromatic heterocycles. The molecule has 0 saturated heterocycles. The molecule has 0 bridgehead atoms. The zero-order valence-electron chi connectivity index (χ0n) is 7.77. The standard InChI is InChI=1S/C9H14N2O/c1-6-7(2)12-8(11-6)9(10-3)4-5-9/h10H,4-5H2,1-3H3. The number of hydrogen-bond donors (Lipinski definition) is 1. The quantitative estimate of drug-likeness (QED) is 0.723. The Hall–Kier alpha value is -0.830. The molecule has 1 aliphatic rings. The predicted molar refractivity (Wildman–Crippen MR) is 45.9 cm³/mol. The molecule has 0 aromatic carbocycles. The van der Waals surface area contributed by atoms with Crippen molar-refractivity contribution in [2.45, 2.75) is 32.2 Å². The van der Waals surface area contributed by atoms with E-state index in [0.29, 0.717) is 0 Å². The van der Waals surface area contributed by atoms with Crippen LogP contribution in [0.2, 0.25) is 0 Å². The van der Waals surface area contributed by atoms with Crippen LogP contribution in [0.15, 0.2) is 4.42 Å². The molecule has 1 aromatic rings. The maximum atomic E-state index is 5.56. The summed E-state index contributed by atoms with van der Waals surface area (Å²) in [5.74, 6) is 1.80. The molecule has 3 heteroatoms. The maximum absolute atomic E-state index is 5.56. The summed E-state index contributed by atoms with van der Waals surface area (Å²) in [7, 11) is 1.96. The van der Waals surface area contributed by atoms with Gasteiger partial charge in [-0.2, -0.15) is 0 Å². The smallest absolute Gasteiger partial charge is 0.214 e. The van der Waals surface area contributed by atoms with Gasteiger partial charge in [-0.05, 0) is 33.7 Å². The lowest BCUT2D eigenvalue weighted by molar-refractivity contribution is 0.389. The summed E-state index contributed by atoms with van der Waals surface area (Å²) in [5.41, 5.74) is 1.07. The van der Waals surface area contributed by atoms with Crippen LogP contribution in [0.1, 0.15) is 30.2 Å². The van der Waals surface area contributed by atoms with E-state index in [1.54, 1.807) is 0 Å². The predicted octanol–water partition coefficient (Wildman–Crippen LogP) is 1.50. The zero-order chi connectivity index (χ0) is 8.77. The Morgan fingerprint density at radius 1 is 1.42 bits per heavy atom. The first kappa shape index (κ1) is 7.80. The van der Waals surface area contributed by atoms with E-state index in [2.05, 4.69) is 10.3 Å².